The summed E-state index contributed by atoms with van der Waals surface area (Å²) in [4.78, 5) is 14.5. The molecule has 0 saturated carbocycles. The Morgan fingerprint density at radius 2 is 1.96 bits per heavy atom. The van der Waals surface area contributed by atoms with Crippen LogP contribution in [0.3, 0.4) is 0 Å². The van der Waals surface area contributed by atoms with Gasteiger partial charge in [0.2, 0.25) is 5.91 Å². The molecular formula is C19H19F2NO2. The van der Waals surface area contributed by atoms with Gasteiger partial charge in [-0.05, 0) is 49.1 Å². The van der Waals surface area contributed by atoms with Crippen molar-refractivity contribution >= 4 is 11.6 Å². The van der Waals surface area contributed by atoms with Crippen molar-refractivity contribution in [1.82, 2.24) is 0 Å². The van der Waals surface area contributed by atoms with Gasteiger partial charge in [0.15, 0.2) is 0 Å². The average molecular weight is 331 g/mol. The van der Waals surface area contributed by atoms with Crippen LogP contribution in [0.25, 0.3) is 0 Å². The van der Waals surface area contributed by atoms with Crippen molar-refractivity contribution in [3.05, 3.63) is 59.2 Å². The Bertz CT molecular complexity index is 729. The van der Waals surface area contributed by atoms with Gasteiger partial charge in [-0.25, -0.2) is 0 Å². The number of hydrogen-bond donors (Lipinski definition) is 0. The molecular weight excluding hydrogens is 312 g/mol. The van der Waals surface area contributed by atoms with Gasteiger partial charge < -0.3 is 9.64 Å². The van der Waals surface area contributed by atoms with E-state index in [1.807, 2.05) is 24.0 Å². The normalized spacial score (nSPS) is 13.8. The molecule has 0 unspecified atom stereocenters. The molecule has 2 aromatic rings. The fourth-order valence-corrected chi connectivity index (χ4v) is 3.04. The minimum Gasteiger partial charge on any atom is -0.435 e. The van der Waals surface area contributed by atoms with E-state index in [1.165, 1.54) is 23.3 Å². The van der Waals surface area contributed by atoms with Crippen LogP contribution in [0.15, 0.2) is 42.5 Å². The lowest BCUT2D eigenvalue weighted by molar-refractivity contribution is -0.118. The maximum Gasteiger partial charge on any atom is 0.387 e. The summed E-state index contributed by atoms with van der Waals surface area (Å²) in [5.41, 5.74) is 4.16. The molecule has 1 heterocycles. The van der Waals surface area contributed by atoms with E-state index in [0.29, 0.717) is 6.54 Å². The molecule has 0 aliphatic carbocycles. The topological polar surface area (TPSA) is 29.5 Å². The van der Waals surface area contributed by atoms with E-state index in [0.717, 1.165) is 24.1 Å². The SMILES string of the molecule is Cc1ccc2c(c1)CCCN2C(=O)Cc1ccc(OC(F)F)cc1. The molecule has 0 radical (unpaired) electrons. The number of rotatable bonds is 4. The van der Waals surface area contributed by atoms with Gasteiger partial charge in [0.25, 0.3) is 0 Å². The van der Waals surface area contributed by atoms with E-state index in [4.69, 9.17) is 0 Å². The lowest BCUT2D eigenvalue weighted by Crippen LogP contribution is -2.36. The average Bonchev–Trinajstić information content (AvgIpc) is 2.55. The number of halogens is 2. The number of carbonyl (C=O) groups is 1. The van der Waals surface area contributed by atoms with Crippen LogP contribution in [0.2, 0.25) is 0 Å². The lowest BCUT2D eigenvalue weighted by atomic mass is 9.99. The zero-order valence-electron chi connectivity index (χ0n) is 13.5. The summed E-state index contributed by atoms with van der Waals surface area (Å²) in [6.45, 7) is -0.0864. The zero-order valence-corrected chi connectivity index (χ0v) is 13.5. The van der Waals surface area contributed by atoms with Gasteiger partial charge in [-0.3, -0.25) is 4.79 Å². The molecule has 0 fully saturated rings. The summed E-state index contributed by atoms with van der Waals surface area (Å²) >= 11 is 0. The summed E-state index contributed by atoms with van der Waals surface area (Å²) < 4.78 is 28.6. The van der Waals surface area contributed by atoms with E-state index in [-0.39, 0.29) is 18.1 Å². The third kappa shape index (κ3) is 3.72. The first-order valence-corrected chi connectivity index (χ1v) is 7.96. The maximum absolute atomic E-state index is 12.7. The van der Waals surface area contributed by atoms with Gasteiger partial charge in [-0.1, -0.05) is 29.8 Å². The predicted molar refractivity (Wildman–Crippen MR) is 88.6 cm³/mol. The van der Waals surface area contributed by atoms with Crippen LogP contribution in [0.4, 0.5) is 14.5 Å². The Kier molecular flexibility index (Phi) is 4.79. The Morgan fingerprint density at radius 3 is 2.67 bits per heavy atom. The molecule has 0 N–H and O–H groups in total. The Balaban J connectivity index is 1.72. The van der Waals surface area contributed by atoms with Crippen LogP contribution in [0, 0.1) is 6.92 Å². The number of ether oxygens (including phenoxy) is 1. The molecule has 0 bridgehead atoms. The summed E-state index contributed by atoms with van der Waals surface area (Å²) in [5, 5.41) is 0. The van der Waals surface area contributed by atoms with Crippen LogP contribution in [-0.2, 0) is 17.6 Å². The highest BCUT2D eigenvalue weighted by atomic mass is 19.3. The number of fused-ring (bicyclic) bond motifs is 1. The van der Waals surface area contributed by atoms with Crippen molar-refractivity contribution in [2.24, 2.45) is 0 Å². The highest BCUT2D eigenvalue weighted by molar-refractivity contribution is 5.96. The van der Waals surface area contributed by atoms with Gasteiger partial charge in [-0.2, -0.15) is 8.78 Å². The van der Waals surface area contributed by atoms with E-state index >= 15 is 0 Å². The lowest BCUT2D eigenvalue weighted by Gasteiger charge is -2.30. The first kappa shape index (κ1) is 16.4. The molecule has 1 aliphatic heterocycles. The number of hydrogen-bond acceptors (Lipinski definition) is 2. The van der Waals surface area contributed by atoms with E-state index in [1.54, 1.807) is 12.1 Å². The number of amides is 1. The summed E-state index contributed by atoms with van der Waals surface area (Å²) in [6, 6.07) is 12.4. The van der Waals surface area contributed by atoms with Crippen LogP contribution < -0.4 is 9.64 Å². The predicted octanol–water partition coefficient (Wildman–Crippen LogP) is 4.12. The van der Waals surface area contributed by atoms with Crippen molar-refractivity contribution in [3.63, 3.8) is 0 Å². The number of alkyl halides is 2. The minimum atomic E-state index is -2.84. The van der Waals surface area contributed by atoms with Gasteiger partial charge in [0.05, 0.1) is 6.42 Å². The molecule has 0 atom stereocenters. The third-order valence-electron chi connectivity index (χ3n) is 4.16. The maximum atomic E-state index is 12.7. The van der Waals surface area contributed by atoms with Crippen LogP contribution in [-0.4, -0.2) is 19.1 Å². The molecule has 126 valence electrons. The second-order valence-corrected chi connectivity index (χ2v) is 5.98. The minimum absolute atomic E-state index is 0.0160. The second kappa shape index (κ2) is 6.99. The Morgan fingerprint density at radius 1 is 1.21 bits per heavy atom. The number of anilines is 1. The number of nitrogens with zero attached hydrogens (tertiary/aromatic N) is 1. The molecule has 1 aliphatic rings. The van der Waals surface area contributed by atoms with Crippen molar-refractivity contribution in [2.75, 3.05) is 11.4 Å². The van der Waals surface area contributed by atoms with Crippen molar-refractivity contribution in [1.29, 1.82) is 0 Å². The van der Waals surface area contributed by atoms with E-state index in [2.05, 4.69) is 10.8 Å². The molecule has 24 heavy (non-hydrogen) atoms. The highest BCUT2D eigenvalue weighted by Crippen LogP contribution is 2.28. The number of benzene rings is 2. The fraction of sp³-hybridized carbons (Fsp3) is 0.316. The first-order valence-electron chi connectivity index (χ1n) is 7.96. The Labute approximate surface area is 139 Å². The van der Waals surface area contributed by atoms with E-state index in [9.17, 15) is 13.6 Å². The second-order valence-electron chi connectivity index (χ2n) is 5.98. The first-order chi connectivity index (χ1) is 11.5. The van der Waals surface area contributed by atoms with Gasteiger partial charge in [0.1, 0.15) is 5.75 Å². The molecule has 0 aromatic heterocycles. The molecule has 2 aromatic carbocycles. The molecule has 5 heteroatoms. The molecule has 1 amide bonds. The van der Waals surface area contributed by atoms with Crippen LogP contribution in [0.1, 0.15) is 23.1 Å². The van der Waals surface area contributed by atoms with Gasteiger partial charge in [0, 0.05) is 12.2 Å². The summed E-state index contributed by atoms with van der Waals surface area (Å²) in [6.07, 6.45) is 2.17. The van der Waals surface area contributed by atoms with Crippen molar-refractivity contribution < 1.29 is 18.3 Å². The van der Waals surface area contributed by atoms with Gasteiger partial charge in [-0.15, -0.1) is 0 Å². The Hall–Kier alpha value is -2.43. The largest absolute Gasteiger partial charge is 0.435 e. The van der Waals surface area contributed by atoms with Crippen LogP contribution in [0.5, 0.6) is 5.75 Å². The van der Waals surface area contributed by atoms with Crippen molar-refractivity contribution in [3.8, 4) is 5.75 Å². The standard InChI is InChI=1S/C19H19F2NO2/c1-13-4-9-17-15(11-13)3-2-10-22(17)18(23)12-14-5-7-16(8-6-14)24-19(20)21/h4-9,11,19H,2-3,10,12H2,1H3. The molecule has 3 rings (SSSR count). The fourth-order valence-electron chi connectivity index (χ4n) is 3.04. The number of aryl methyl sites for hydroxylation is 2. The zero-order chi connectivity index (χ0) is 17.1. The third-order valence-corrected chi connectivity index (χ3v) is 4.16. The molecule has 3 nitrogen and oxygen atoms in total. The van der Waals surface area contributed by atoms with E-state index < -0.39 is 6.61 Å². The quantitative estimate of drug-likeness (QED) is 0.843. The van der Waals surface area contributed by atoms with Crippen LogP contribution >= 0.6 is 0 Å². The number of carbonyl (C=O) groups excluding carboxylic acids is 1. The van der Waals surface area contributed by atoms with Gasteiger partial charge >= 0.3 is 6.61 Å². The monoisotopic (exact) mass is 331 g/mol. The smallest absolute Gasteiger partial charge is 0.387 e. The molecule has 0 saturated heterocycles. The summed E-state index contributed by atoms with van der Waals surface area (Å²) in [5.74, 6) is 0.113. The van der Waals surface area contributed by atoms with Crippen molar-refractivity contribution in [2.45, 2.75) is 32.8 Å². The molecule has 0 spiro atoms. The summed E-state index contributed by atoms with van der Waals surface area (Å²) in [7, 11) is 0. The highest BCUT2D eigenvalue weighted by Gasteiger charge is 2.22.